The van der Waals surface area contributed by atoms with Crippen LogP contribution in [0.5, 0.6) is 5.75 Å². The third-order valence-electron chi connectivity index (χ3n) is 3.49. The van der Waals surface area contributed by atoms with Gasteiger partial charge in [0.2, 0.25) is 5.89 Å². The van der Waals surface area contributed by atoms with Gasteiger partial charge in [0.1, 0.15) is 16.3 Å². The number of H-pyrrole nitrogens is 1. The molecule has 3 rings (SSSR count). The Morgan fingerprint density at radius 2 is 2.13 bits per heavy atom. The van der Waals surface area contributed by atoms with Crippen molar-refractivity contribution < 1.29 is 9.15 Å². The number of aromatic amines is 1. The summed E-state index contributed by atoms with van der Waals surface area (Å²) in [6, 6.07) is 5.08. The Bertz CT molecular complexity index is 932. The average molecular weight is 335 g/mol. The molecule has 0 saturated heterocycles. The zero-order valence-corrected chi connectivity index (χ0v) is 13.3. The number of aromatic nitrogens is 2. The lowest BCUT2D eigenvalue weighted by Gasteiger charge is -2.10. The summed E-state index contributed by atoms with van der Waals surface area (Å²) < 4.78 is 11.2. The van der Waals surface area contributed by atoms with E-state index in [4.69, 9.17) is 20.8 Å². The summed E-state index contributed by atoms with van der Waals surface area (Å²) in [5, 5.41) is 0.935. The molecule has 0 amide bonds. The zero-order valence-electron chi connectivity index (χ0n) is 12.5. The summed E-state index contributed by atoms with van der Waals surface area (Å²) in [5.41, 5.74) is -0.759. The first-order chi connectivity index (χ1) is 11.1. The number of rotatable bonds is 5. The quantitative estimate of drug-likeness (QED) is 0.572. The Hall–Kier alpha value is -2.34. The molecule has 0 bridgehead atoms. The van der Waals surface area contributed by atoms with E-state index >= 15 is 0 Å². The van der Waals surface area contributed by atoms with Crippen molar-refractivity contribution in [2.24, 2.45) is 0 Å². The number of ether oxygens (including phenoxy) is 1. The first kappa shape index (κ1) is 15.6. The predicted molar refractivity (Wildman–Crippen MR) is 87.6 cm³/mol. The van der Waals surface area contributed by atoms with E-state index in [-0.39, 0.29) is 11.5 Å². The Morgan fingerprint density at radius 1 is 1.30 bits per heavy atom. The van der Waals surface area contributed by atoms with Gasteiger partial charge in [0, 0.05) is 5.39 Å². The van der Waals surface area contributed by atoms with Crippen LogP contribution in [-0.2, 0) is 0 Å². The first-order valence-corrected chi connectivity index (χ1v) is 7.77. The second kappa shape index (κ2) is 6.42. The van der Waals surface area contributed by atoms with E-state index in [9.17, 15) is 9.59 Å². The van der Waals surface area contributed by atoms with Crippen LogP contribution in [0.1, 0.15) is 26.2 Å². The van der Waals surface area contributed by atoms with Gasteiger partial charge >= 0.3 is 5.69 Å². The number of fused-ring (bicyclic) bond motifs is 2. The number of nitrogens with one attached hydrogen (secondary N) is 1. The summed E-state index contributed by atoms with van der Waals surface area (Å²) in [6.45, 7) is 2.68. The number of halogens is 1. The van der Waals surface area contributed by atoms with Crippen LogP contribution in [0.2, 0.25) is 5.02 Å². The molecule has 0 fully saturated rings. The highest BCUT2D eigenvalue weighted by Gasteiger charge is 2.17. The number of nitrogens with zero attached hydrogens (tertiary/aromatic N) is 1. The molecule has 2 heterocycles. The smallest absolute Gasteiger partial charge is 0.351 e. The zero-order chi connectivity index (χ0) is 16.4. The van der Waals surface area contributed by atoms with Gasteiger partial charge in [-0.15, -0.1) is 0 Å². The van der Waals surface area contributed by atoms with Crippen molar-refractivity contribution in [3.8, 4) is 17.2 Å². The SMILES string of the molecule is CCCCCOc1ccc2cc3c(=O)[nH]c(=O)nc-3oc2c1Cl. The Morgan fingerprint density at radius 3 is 2.91 bits per heavy atom. The molecule has 2 aliphatic rings. The van der Waals surface area contributed by atoms with Gasteiger partial charge in [-0.1, -0.05) is 31.4 Å². The van der Waals surface area contributed by atoms with Crippen LogP contribution in [0.15, 0.2) is 32.2 Å². The lowest BCUT2D eigenvalue weighted by Crippen LogP contribution is -2.24. The van der Waals surface area contributed by atoms with Gasteiger partial charge in [-0.25, -0.2) is 4.79 Å². The van der Waals surface area contributed by atoms with Crippen molar-refractivity contribution >= 4 is 22.6 Å². The van der Waals surface area contributed by atoms with Gasteiger partial charge in [0.15, 0.2) is 5.58 Å². The number of unbranched alkanes of at least 4 members (excludes halogenated alkanes) is 2. The van der Waals surface area contributed by atoms with Crippen molar-refractivity contribution in [1.29, 1.82) is 0 Å². The van der Waals surface area contributed by atoms with Crippen molar-refractivity contribution in [3.05, 3.63) is 44.1 Å². The summed E-state index contributed by atoms with van der Waals surface area (Å²) in [6.07, 6.45) is 3.13. The average Bonchev–Trinajstić information content (AvgIpc) is 2.52. The molecule has 23 heavy (non-hydrogen) atoms. The Labute approximate surface area is 136 Å². The number of hydrogen-bond donors (Lipinski definition) is 1. The summed E-state index contributed by atoms with van der Waals surface area (Å²) in [5.74, 6) is 0.460. The molecular weight excluding hydrogens is 320 g/mol. The van der Waals surface area contributed by atoms with Crippen molar-refractivity contribution in [2.45, 2.75) is 26.2 Å². The van der Waals surface area contributed by atoms with Gasteiger partial charge < -0.3 is 9.15 Å². The van der Waals surface area contributed by atoms with E-state index in [1.807, 2.05) is 0 Å². The number of hydrogen-bond acceptors (Lipinski definition) is 5. The van der Waals surface area contributed by atoms with Gasteiger partial charge in [0.05, 0.1) is 6.61 Å². The second-order valence-corrected chi connectivity index (χ2v) is 5.57. The molecule has 7 heteroatoms. The van der Waals surface area contributed by atoms with Crippen LogP contribution < -0.4 is 16.0 Å². The molecule has 0 aromatic heterocycles. The van der Waals surface area contributed by atoms with Crippen LogP contribution in [0, 0.1) is 0 Å². The fourth-order valence-corrected chi connectivity index (χ4v) is 2.58. The van der Waals surface area contributed by atoms with Crippen LogP contribution in [0.4, 0.5) is 0 Å². The maximum Gasteiger partial charge on any atom is 0.351 e. The van der Waals surface area contributed by atoms with Crippen molar-refractivity contribution in [1.82, 2.24) is 9.97 Å². The van der Waals surface area contributed by atoms with E-state index in [2.05, 4.69) is 16.9 Å². The highest BCUT2D eigenvalue weighted by atomic mass is 35.5. The molecule has 0 unspecified atom stereocenters. The highest BCUT2D eigenvalue weighted by Crippen LogP contribution is 2.35. The monoisotopic (exact) mass is 334 g/mol. The summed E-state index contributed by atoms with van der Waals surface area (Å²) in [4.78, 5) is 28.9. The van der Waals surface area contributed by atoms with Crippen LogP contribution >= 0.6 is 11.6 Å². The van der Waals surface area contributed by atoms with Gasteiger partial charge in [0.25, 0.3) is 5.56 Å². The molecule has 120 valence electrons. The third kappa shape index (κ3) is 3.07. The van der Waals surface area contributed by atoms with Gasteiger partial charge in [-0.2, -0.15) is 4.98 Å². The summed E-state index contributed by atoms with van der Waals surface area (Å²) >= 11 is 6.32. The molecule has 0 saturated carbocycles. The number of benzene rings is 1. The maximum absolute atomic E-state index is 11.8. The molecular formula is C16H15ClN2O4. The van der Waals surface area contributed by atoms with Gasteiger partial charge in [-0.3, -0.25) is 9.78 Å². The molecule has 0 radical (unpaired) electrons. The molecule has 6 nitrogen and oxygen atoms in total. The lowest BCUT2D eigenvalue weighted by atomic mass is 10.1. The minimum atomic E-state index is -0.756. The standard InChI is InChI=1S/C16H15ClN2O4/c1-2-3-4-7-22-11-6-5-9-8-10-14(20)18-16(21)19-15(10)23-13(9)12(11)17/h5-6,8H,2-4,7H2,1H3,(H,18,20,21). The van der Waals surface area contributed by atoms with Crippen molar-refractivity contribution in [3.63, 3.8) is 0 Å². The molecule has 1 N–H and O–H groups in total. The van der Waals surface area contributed by atoms with Gasteiger partial charge in [-0.05, 0) is 24.6 Å². The minimum absolute atomic E-state index is 0.0451. The van der Waals surface area contributed by atoms with Crippen LogP contribution in [-0.4, -0.2) is 16.6 Å². The Kier molecular flexibility index (Phi) is 4.34. The van der Waals surface area contributed by atoms with E-state index in [1.165, 1.54) is 0 Å². The normalized spacial score (nSPS) is 11.2. The molecule has 0 spiro atoms. The van der Waals surface area contributed by atoms with Crippen LogP contribution in [0.25, 0.3) is 22.4 Å². The molecule has 1 aromatic carbocycles. The lowest BCUT2D eigenvalue weighted by molar-refractivity contribution is 0.306. The fraction of sp³-hybridized carbons (Fsp3) is 0.312. The minimum Gasteiger partial charge on any atom is -0.492 e. The van der Waals surface area contributed by atoms with E-state index < -0.39 is 11.2 Å². The van der Waals surface area contributed by atoms with Crippen molar-refractivity contribution in [2.75, 3.05) is 6.61 Å². The first-order valence-electron chi connectivity index (χ1n) is 7.39. The molecule has 2 aliphatic heterocycles. The molecule has 0 atom stereocenters. The highest BCUT2D eigenvalue weighted by molar-refractivity contribution is 6.36. The van der Waals surface area contributed by atoms with Crippen LogP contribution in [0.3, 0.4) is 0 Å². The second-order valence-electron chi connectivity index (χ2n) is 5.19. The maximum atomic E-state index is 11.8. The van der Waals surface area contributed by atoms with E-state index in [0.29, 0.717) is 28.3 Å². The fourth-order valence-electron chi connectivity index (χ4n) is 2.32. The molecule has 0 aliphatic carbocycles. The van der Waals surface area contributed by atoms with E-state index in [0.717, 1.165) is 19.3 Å². The predicted octanol–water partition coefficient (Wildman–Crippen LogP) is 3.20. The largest absolute Gasteiger partial charge is 0.492 e. The Balaban J connectivity index is 2.07. The molecule has 1 aromatic rings. The topological polar surface area (TPSA) is 85.2 Å². The van der Waals surface area contributed by atoms with E-state index in [1.54, 1.807) is 18.2 Å². The summed E-state index contributed by atoms with van der Waals surface area (Å²) in [7, 11) is 0. The third-order valence-corrected chi connectivity index (χ3v) is 3.85.